The van der Waals surface area contributed by atoms with Crippen LogP contribution in [0, 0.1) is 70.9 Å². The van der Waals surface area contributed by atoms with Crippen molar-refractivity contribution in [1.82, 2.24) is 29.4 Å². The summed E-state index contributed by atoms with van der Waals surface area (Å²) in [5.41, 5.74) is -1.13. The van der Waals surface area contributed by atoms with Gasteiger partial charge in [0.15, 0.2) is 69.0 Å². The van der Waals surface area contributed by atoms with Gasteiger partial charge in [-0.2, -0.15) is 0 Å². The second kappa shape index (κ2) is 49.1. The zero-order valence-electron chi connectivity index (χ0n) is 153. The van der Waals surface area contributed by atoms with E-state index in [-0.39, 0.29) is 111 Å². The van der Waals surface area contributed by atoms with Gasteiger partial charge in [0.05, 0.1) is 149 Å². The summed E-state index contributed by atoms with van der Waals surface area (Å²) < 4.78 is 663. The first-order chi connectivity index (χ1) is 94.2. The van der Waals surface area contributed by atoms with Crippen molar-refractivity contribution in [2.75, 3.05) is 163 Å². The van der Waals surface area contributed by atoms with E-state index in [0.29, 0.717) is 11.3 Å². The summed E-state index contributed by atoms with van der Waals surface area (Å²) in [6.45, 7) is -22.2. The van der Waals surface area contributed by atoms with Crippen molar-refractivity contribution >= 4 is 0 Å². The van der Waals surface area contributed by atoms with Crippen LogP contribution in [0.25, 0.3) is 0 Å². The molecule has 0 aliphatic carbocycles. The third-order valence-electron chi connectivity index (χ3n) is 24.9. The maximum absolute atomic E-state index is 11.1. The highest BCUT2D eigenvalue weighted by Crippen LogP contribution is 2.52. The molecule has 0 aromatic heterocycles. The lowest BCUT2D eigenvalue weighted by atomic mass is 9.79. The molecular formula is C114H174N6O18. The summed E-state index contributed by atoms with van der Waals surface area (Å²) in [7, 11) is -10.3. The first-order valence-corrected chi connectivity index (χ1v) is 44.5. The first kappa shape index (κ1) is 46.7. The summed E-state index contributed by atoms with van der Waals surface area (Å²) in [5.74, 6) is -24.2. The Hall–Kier alpha value is -7.56. The van der Waals surface area contributed by atoms with Crippen LogP contribution >= 0.6 is 0 Å². The molecule has 6 aromatic rings. The Morgan fingerprint density at radius 3 is 0.746 bits per heavy atom. The number of methoxy groups -OCH3 is 12. The number of nitrogens with zero attached hydrogens (tertiary/aromatic N) is 6. The maximum atomic E-state index is 11.1. The molecule has 0 radical (unpaired) electrons. The molecule has 0 saturated carbocycles. The van der Waals surface area contributed by atoms with Gasteiger partial charge in [0.2, 0.25) is 0 Å². The first-order valence-electron chi connectivity index (χ1n) is 81.5. The van der Waals surface area contributed by atoms with Crippen molar-refractivity contribution in [3.05, 3.63) is 140 Å². The molecule has 18 rings (SSSR count). The standard InChI is InChI=1S/6C19H29NO3/c6*1-12(2)7-14-11-20-6-5-13-8-18(22-3)19(23-4)9-15(13)16(20)10-17(14)21/h6*8-9,12,14,16-17,21H,5-7,10-11H2,1-4H3/t6*14-,16-,17+/m000000/s1/i1D3,3D3,4D3,5D2,6D2,7D2,12D,17D;1D3,3D3,4D3,5D2,6D2,7D2,12D;3D3,4D3,5D2,6D2,10D2,14D;1D3,5D2,6D2,7D2,12D,17D;1D3,5D2,6D2,7D2,12D;5D2,6D2,10D2,14D/t2*12?,14-,16-,17+;m;2*12?,14-,16-,17+;m. The van der Waals surface area contributed by atoms with Crippen LogP contribution in [-0.4, -0.2) is 260 Å². The zero-order chi connectivity index (χ0) is 164. The van der Waals surface area contributed by atoms with Gasteiger partial charge in [-0.1, -0.05) is 82.8 Å². The van der Waals surface area contributed by atoms with Crippen molar-refractivity contribution in [3.8, 4) is 69.0 Å². The Bertz CT molecular complexity index is 8390. The van der Waals surface area contributed by atoms with E-state index in [1.807, 2.05) is 13.8 Å². The summed E-state index contributed by atoms with van der Waals surface area (Å²) in [6.07, 6.45) is -47.1. The van der Waals surface area contributed by atoms with E-state index in [2.05, 4.69) is 0 Å². The van der Waals surface area contributed by atoms with Crippen molar-refractivity contribution in [1.29, 1.82) is 0 Å². The third-order valence-corrected chi connectivity index (χ3v) is 24.9. The molecule has 12 heterocycles. The van der Waals surface area contributed by atoms with Gasteiger partial charge in [0.25, 0.3) is 0 Å². The normalized spacial score (nSPS) is 45.7. The van der Waals surface area contributed by atoms with Gasteiger partial charge in [-0.05, 0) is 325 Å². The van der Waals surface area contributed by atoms with Crippen LogP contribution in [0.5, 0.6) is 69.0 Å². The van der Waals surface area contributed by atoms with Crippen molar-refractivity contribution in [2.45, 2.75) is 271 Å². The van der Waals surface area contributed by atoms with Crippen molar-refractivity contribution in [3.63, 3.8) is 0 Å². The number of fused-ring (bicyclic) bond motifs is 18. The lowest BCUT2D eigenvalue weighted by molar-refractivity contribution is -0.0192. The van der Waals surface area contributed by atoms with Gasteiger partial charge < -0.3 is 87.5 Å². The fourth-order valence-corrected chi connectivity index (χ4v) is 18.5. The fourth-order valence-electron chi connectivity index (χ4n) is 18.5. The number of hydrogen-bond donors (Lipinski definition) is 6. The van der Waals surface area contributed by atoms with Gasteiger partial charge in [0.1, 0.15) is 0 Å². The predicted molar refractivity (Wildman–Crippen MR) is 547 cm³/mol. The summed E-state index contributed by atoms with van der Waals surface area (Å²) in [4.78, 5) is 5.77. The molecule has 0 amide bonds. The molecule has 6 saturated heterocycles. The number of piperidine rings is 6. The van der Waals surface area contributed by atoms with Gasteiger partial charge in [-0.3, -0.25) is 29.4 Å². The van der Waals surface area contributed by atoms with E-state index < -0.39 is 420 Å². The molecule has 0 bridgehead atoms. The topological polar surface area (TPSA) is 252 Å². The zero-order valence-corrected chi connectivity index (χ0v) is 78.9. The number of aryl methyl sites for hydroxylation is 6. The minimum Gasteiger partial charge on any atom is -0.493 e. The Morgan fingerprint density at radius 2 is 0.507 bits per heavy atom. The van der Waals surface area contributed by atoms with E-state index in [1.165, 1.54) is 79.1 Å². The predicted octanol–water partition coefficient (Wildman–Crippen LogP) is 18.2. The number of hydrogen-bond acceptors (Lipinski definition) is 24. The molecule has 24 heteroatoms. The highest BCUT2D eigenvalue weighted by Gasteiger charge is 2.47. The van der Waals surface area contributed by atoms with Crippen LogP contribution in [0.15, 0.2) is 72.8 Å². The monoisotopic (exact) mass is 1990 g/mol. The van der Waals surface area contributed by atoms with E-state index in [0.717, 1.165) is 93.5 Å². The van der Waals surface area contributed by atoms with E-state index in [1.54, 1.807) is 13.8 Å². The largest absolute Gasteiger partial charge is 0.493 e. The maximum Gasteiger partial charge on any atom is 0.161 e. The molecular weight excluding hydrogens is 1740 g/mol. The molecule has 12 aliphatic heterocycles. The second-order valence-electron chi connectivity index (χ2n) is 35.4. The smallest absolute Gasteiger partial charge is 0.161 e. The number of rotatable bonds is 24. The Labute approximate surface area is 931 Å². The fraction of sp³-hybridized carbons (Fsp3) is 0.684. The Kier molecular flexibility index (Phi) is 16.6. The van der Waals surface area contributed by atoms with Gasteiger partial charge in [0, 0.05) is 189 Å². The van der Waals surface area contributed by atoms with Gasteiger partial charge in [-0.25, -0.2) is 0 Å². The quantitative estimate of drug-likeness (QED) is 0.0329. The molecule has 12 aliphatic rings. The van der Waals surface area contributed by atoms with E-state index >= 15 is 0 Å². The summed E-state index contributed by atoms with van der Waals surface area (Å²) in [5, 5.41) is 66.0. The number of aliphatic hydroxyl groups excluding tert-OH is 4. The van der Waals surface area contributed by atoms with Crippen LogP contribution in [-0.2, 0) is 38.2 Å². The Balaban J connectivity index is 0.000000203. The molecule has 24 nitrogen and oxygen atoms in total. The van der Waals surface area contributed by atoms with E-state index in [9.17, 15) is 30.6 Å². The van der Waals surface area contributed by atoms with Crippen molar-refractivity contribution < 1.29 is 189 Å². The summed E-state index contributed by atoms with van der Waals surface area (Å²) >= 11 is 0. The number of ether oxygens (including phenoxy) is 12. The highest BCUT2D eigenvalue weighted by atomic mass is 16.5. The lowest BCUT2D eigenvalue weighted by Gasteiger charge is -2.46. The minimum atomic E-state index is -3.22. The molecule has 138 heavy (non-hydrogen) atoms. The van der Waals surface area contributed by atoms with Crippen molar-refractivity contribution in [2.24, 2.45) is 70.9 Å². The second-order valence-corrected chi connectivity index (χ2v) is 35.4. The van der Waals surface area contributed by atoms with Crippen LogP contribution in [0.2, 0.25) is 0 Å². The van der Waals surface area contributed by atoms with Crippen LogP contribution in [0.1, 0.15) is 364 Å². The van der Waals surface area contributed by atoms with Gasteiger partial charge >= 0.3 is 0 Å². The SMILES string of the molecule is [2H]C([2H])([2H])C([2H])(C)C([2H])([2H])[C@H]1CN2[C@@H](C[C@@]1([2H])O)c1cc(OC)c(OC)cc1C([2H])([2H])C2([2H])[2H].[2H]C([2H])([2H])C([2H])(C)C([2H])([2H])[C@H]1CN2[C@@H](C[C@H]1O)c1cc(OC)c(OC)cc1C([2H])([2H])C2([2H])[2H].[2H]C([2H])([2H])Oc1cc2c(cc1OC([2H])([2H])[2H])C([2H])([2H])C([2H])([2H])N1C[C@H](C([2H])([2H])C([2H])(C)C([2H])([2H])[2H])[C@H](O)C[C@@H]21.[2H]C([2H])([2H])Oc1cc2c(cc1OC([2H])([2H])[2H])C([2H])([2H])C([2H])([2H])N1C[C@H](C([2H])([2H])C([2H])(C)C([2H])([2H])[2H])[C@]([2H])(O)C[C@@H]21.[2H]C([2H])([2H])Oc1cc2c(cc1OC([2H])([2H])[2H])C([2H])([2H])C([2H])([2H])N1C[C@]([2H])(CC(C)C)[C@H](O)C([2H])([2H])[C@@H]21.[2H]C1([2H])[C@@H](O)[C@@]([2H])(CC(C)C)CN2[C@@H]1c1cc(OC)c(OC)cc1C([2H])([2H])C2([2H])[2H]. The Morgan fingerprint density at radius 1 is 0.297 bits per heavy atom. The van der Waals surface area contributed by atoms with Crippen LogP contribution in [0.4, 0.5) is 0 Å². The molecule has 768 valence electrons. The average molecular weight is 1990 g/mol. The molecule has 6 fully saturated rings. The lowest BCUT2D eigenvalue weighted by Crippen LogP contribution is -2.48. The third kappa shape index (κ3) is 25.4. The molecule has 0 spiro atoms. The van der Waals surface area contributed by atoms with Gasteiger partial charge in [-0.15, -0.1) is 0 Å². The number of benzene rings is 6. The van der Waals surface area contributed by atoms with Crippen LogP contribution < -0.4 is 56.8 Å². The van der Waals surface area contributed by atoms with E-state index in [4.69, 9.17) is 158 Å². The summed E-state index contributed by atoms with van der Waals surface area (Å²) in [6, 6.07) is 6.25. The molecule has 6 N–H and O–H groups in total. The molecule has 22 atom stereocenters. The molecule has 6 aromatic carbocycles. The molecule has 4 unspecified atom stereocenters. The van der Waals surface area contributed by atoms with Crippen LogP contribution in [0.3, 0.4) is 0 Å². The number of aliphatic hydroxyl groups is 6. The average Bonchev–Trinajstić information content (AvgIpc) is 0.688. The minimum absolute atomic E-state index is 0.00159. The highest BCUT2D eigenvalue weighted by molar-refractivity contribution is 5.55.